The third-order valence-corrected chi connectivity index (χ3v) is 2.58. The first-order valence-corrected chi connectivity index (χ1v) is 6.02. The Bertz CT molecular complexity index is 463. The van der Waals surface area contributed by atoms with Crippen molar-refractivity contribution in [3.8, 4) is 5.75 Å². The Balaban J connectivity index is 2.65. The Morgan fingerprint density at radius 2 is 1.70 bits per heavy atom. The van der Waals surface area contributed by atoms with E-state index in [2.05, 4.69) is 4.99 Å². The Hall–Kier alpha value is -1.92. The second-order valence-electron chi connectivity index (χ2n) is 4.94. The number of benzene rings is 1. The lowest BCUT2D eigenvalue weighted by Crippen LogP contribution is -2.30. The molecule has 0 bridgehead atoms. The van der Waals surface area contributed by atoms with Crippen LogP contribution >= 0.6 is 0 Å². The molecule has 0 fully saturated rings. The maximum absolute atomic E-state index is 12.4. The predicted molar refractivity (Wildman–Crippen MR) is 71.4 cm³/mol. The van der Waals surface area contributed by atoms with Crippen molar-refractivity contribution in [3.63, 3.8) is 0 Å². The van der Waals surface area contributed by atoms with Gasteiger partial charge in [0, 0.05) is 13.0 Å². The number of rotatable bonds is 5. The monoisotopic (exact) mass is 289 g/mol. The van der Waals surface area contributed by atoms with Gasteiger partial charge < -0.3 is 16.2 Å². The van der Waals surface area contributed by atoms with Gasteiger partial charge in [-0.05, 0) is 38.1 Å². The van der Waals surface area contributed by atoms with Crippen molar-refractivity contribution in [1.29, 1.82) is 0 Å². The van der Waals surface area contributed by atoms with Gasteiger partial charge in [0.2, 0.25) is 0 Å². The van der Waals surface area contributed by atoms with Crippen molar-refractivity contribution >= 4 is 5.96 Å². The van der Waals surface area contributed by atoms with E-state index in [9.17, 15) is 13.2 Å². The van der Waals surface area contributed by atoms with Crippen LogP contribution in [0.15, 0.2) is 29.3 Å². The molecule has 0 aliphatic heterocycles. The van der Waals surface area contributed by atoms with Crippen LogP contribution in [-0.4, -0.2) is 18.1 Å². The van der Waals surface area contributed by atoms with Gasteiger partial charge in [0.25, 0.3) is 0 Å². The SMILES string of the molecule is CC(C)(CCN=C(N)N)Oc1ccc(C(F)(F)F)cc1. The average molecular weight is 289 g/mol. The van der Waals surface area contributed by atoms with E-state index in [4.69, 9.17) is 16.2 Å². The zero-order chi connectivity index (χ0) is 15.4. The summed E-state index contributed by atoms with van der Waals surface area (Å²) in [6, 6.07) is 4.57. The fourth-order valence-electron chi connectivity index (χ4n) is 1.54. The van der Waals surface area contributed by atoms with E-state index in [0.29, 0.717) is 18.7 Å². The molecular formula is C13H18F3N3O. The normalized spacial score (nSPS) is 12.1. The minimum absolute atomic E-state index is 0.00432. The lowest BCUT2D eigenvalue weighted by molar-refractivity contribution is -0.137. The van der Waals surface area contributed by atoms with Gasteiger partial charge in [0.1, 0.15) is 11.4 Å². The molecule has 4 N–H and O–H groups in total. The van der Waals surface area contributed by atoms with Gasteiger partial charge in [-0.2, -0.15) is 13.2 Å². The minimum Gasteiger partial charge on any atom is -0.488 e. The molecule has 20 heavy (non-hydrogen) atoms. The highest BCUT2D eigenvalue weighted by atomic mass is 19.4. The van der Waals surface area contributed by atoms with Gasteiger partial charge in [-0.3, -0.25) is 4.99 Å². The molecule has 0 aliphatic carbocycles. The summed E-state index contributed by atoms with van der Waals surface area (Å²) in [5, 5.41) is 0. The molecule has 0 radical (unpaired) electrons. The molecule has 7 heteroatoms. The van der Waals surface area contributed by atoms with Crippen LogP contribution in [0.3, 0.4) is 0 Å². The van der Waals surface area contributed by atoms with Crippen LogP contribution in [0.5, 0.6) is 5.75 Å². The summed E-state index contributed by atoms with van der Waals surface area (Å²) in [7, 11) is 0. The van der Waals surface area contributed by atoms with Crippen LogP contribution in [-0.2, 0) is 6.18 Å². The quantitative estimate of drug-likeness (QED) is 0.646. The zero-order valence-electron chi connectivity index (χ0n) is 11.4. The maximum atomic E-state index is 12.4. The van der Waals surface area contributed by atoms with E-state index >= 15 is 0 Å². The van der Waals surface area contributed by atoms with E-state index in [1.54, 1.807) is 0 Å². The third kappa shape index (κ3) is 5.38. The molecule has 0 amide bonds. The van der Waals surface area contributed by atoms with Crippen LogP contribution in [0.2, 0.25) is 0 Å². The molecule has 0 aromatic heterocycles. The highest BCUT2D eigenvalue weighted by Crippen LogP contribution is 2.31. The summed E-state index contributed by atoms with van der Waals surface area (Å²) in [5.41, 5.74) is 9.13. The molecule has 112 valence electrons. The Labute approximate surface area is 115 Å². The summed E-state index contributed by atoms with van der Waals surface area (Å²) < 4.78 is 42.9. The van der Waals surface area contributed by atoms with E-state index < -0.39 is 17.3 Å². The molecule has 1 rings (SSSR count). The predicted octanol–water partition coefficient (Wildman–Crippen LogP) is 2.53. The first kappa shape index (κ1) is 16.1. The molecule has 0 saturated carbocycles. The van der Waals surface area contributed by atoms with Crippen molar-refractivity contribution in [3.05, 3.63) is 29.8 Å². The largest absolute Gasteiger partial charge is 0.488 e. The van der Waals surface area contributed by atoms with Gasteiger partial charge in [-0.1, -0.05) is 0 Å². The number of hydrogen-bond acceptors (Lipinski definition) is 2. The molecule has 0 heterocycles. The fraction of sp³-hybridized carbons (Fsp3) is 0.462. The summed E-state index contributed by atoms with van der Waals surface area (Å²) in [6.07, 6.45) is -3.81. The lowest BCUT2D eigenvalue weighted by atomic mass is 10.1. The van der Waals surface area contributed by atoms with Crippen molar-refractivity contribution in [1.82, 2.24) is 0 Å². The molecule has 0 saturated heterocycles. The second kappa shape index (κ2) is 6.02. The first-order chi connectivity index (χ1) is 9.10. The minimum atomic E-state index is -4.35. The Morgan fingerprint density at radius 3 is 2.15 bits per heavy atom. The summed E-state index contributed by atoms with van der Waals surface area (Å²) in [5.74, 6) is 0.364. The molecule has 4 nitrogen and oxygen atoms in total. The lowest BCUT2D eigenvalue weighted by Gasteiger charge is -2.26. The van der Waals surface area contributed by atoms with Gasteiger partial charge >= 0.3 is 6.18 Å². The maximum Gasteiger partial charge on any atom is 0.416 e. The summed E-state index contributed by atoms with van der Waals surface area (Å²) >= 11 is 0. The number of nitrogens with zero attached hydrogens (tertiary/aromatic N) is 1. The third-order valence-electron chi connectivity index (χ3n) is 2.58. The van der Waals surface area contributed by atoms with E-state index in [1.165, 1.54) is 12.1 Å². The van der Waals surface area contributed by atoms with E-state index in [1.807, 2.05) is 13.8 Å². The summed E-state index contributed by atoms with van der Waals surface area (Å²) in [6.45, 7) is 4.01. The highest BCUT2D eigenvalue weighted by Gasteiger charge is 2.30. The van der Waals surface area contributed by atoms with Crippen molar-refractivity contribution in [2.75, 3.05) is 6.54 Å². The Morgan fingerprint density at radius 1 is 1.15 bits per heavy atom. The standard InChI is InChI=1S/C13H18F3N3O/c1-12(2,7-8-19-11(17)18)20-10-5-3-9(4-6-10)13(14,15)16/h3-6H,7-8H2,1-2H3,(H4,17,18,19). The van der Waals surface area contributed by atoms with E-state index in [0.717, 1.165) is 12.1 Å². The van der Waals surface area contributed by atoms with Crippen LogP contribution in [0.25, 0.3) is 0 Å². The van der Waals surface area contributed by atoms with Crippen molar-refractivity contribution in [2.24, 2.45) is 16.5 Å². The van der Waals surface area contributed by atoms with Gasteiger partial charge in [0.05, 0.1) is 5.56 Å². The highest BCUT2D eigenvalue weighted by molar-refractivity contribution is 5.75. The van der Waals surface area contributed by atoms with Gasteiger partial charge in [-0.15, -0.1) is 0 Å². The van der Waals surface area contributed by atoms with Crippen LogP contribution in [0.1, 0.15) is 25.8 Å². The number of ether oxygens (including phenoxy) is 1. The first-order valence-electron chi connectivity index (χ1n) is 6.02. The molecule has 1 aromatic rings. The fourth-order valence-corrected chi connectivity index (χ4v) is 1.54. The molecular weight excluding hydrogens is 271 g/mol. The van der Waals surface area contributed by atoms with Gasteiger partial charge in [-0.25, -0.2) is 0 Å². The number of guanidine groups is 1. The second-order valence-corrected chi connectivity index (χ2v) is 4.94. The van der Waals surface area contributed by atoms with Crippen LogP contribution in [0, 0.1) is 0 Å². The number of halogens is 3. The van der Waals surface area contributed by atoms with E-state index in [-0.39, 0.29) is 5.96 Å². The van der Waals surface area contributed by atoms with Gasteiger partial charge in [0.15, 0.2) is 5.96 Å². The molecule has 1 aromatic carbocycles. The number of aliphatic imine (C=N–C) groups is 1. The van der Waals surface area contributed by atoms with Crippen LogP contribution < -0.4 is 16.2 Å². The number of hydrogen-bond donors (Lipinski definition) is 2. The smallest absolute Gasteiger partial charge is 0.416 e. The Kier molecular flexibility index (Phi) is 4.86. The van der Waals surface area contributed by atoms with Crippen LogP contribution in [0.4, 0.5) is 13.2 Å². The molecule has 0 spiro atoms. The molecule has 0 unspecified atom stereocenters. The topological polar surface area (TPSA) is 73.6 Å². The zero-order valence-corrected chi connectivity index (χ0v) is 11.4. The molecule has 0 aliphatic rings. The number of nitrogens with two attached hydrogens (primary N) is 2. The van der Waals surface area contributed by atoms with Crippen molar-refractivity contribution < 1.29 is 17.9 Å². The van der Waals surface area contributed by atoms with Crippen molar-refractivity contribution in [2.45, 2.75) is 32.0 Å². The summed E-state index contributed by atoms with van der Waals surface area (Å²) in [4.78, 5) is 3.84. The average Bonchev–Trinajstić information content (AvgIpc) is 2.26. The molecule has 0 atom stereocenters. The number of alkyl halides is 3.